The van der Waals surface area contributed by atoms with Crippen molar-refractivity contribution in [1.29, 1.82) is 0 Å². The molecule has 4 heteroatoms. The van der Waals surface area contributed by atoms with Crippen LogP contribution in [0.2, 0.25) is 0 Å². The molecule has 0 unspecified atom stereocenters. The molecular formula is C13H18ClNO2. The molecule has 0 amide bonds. The Kier molecular flexibility index (Phi) is 4.54. The lowest BCUT2D eigenvalue weighted by molar-refractivity contribution is -0.148. The van der Waals surface area contributed by atoms with Crippen LogP contribution in [0, 0.1) is 5.92 Å². The van der Waals surface area contributed by atoms with E-state index in [1.807, 2.05) is 37.3 Å². The van der Waals surface area contributed by atoms with Crippen LogP contribution in [0.5, 0.6) is 0 Å². The van der Waals surface area contributed by atoms with E-state index in [0.717, 1.165) is 18.4 Å². The van der Waals surface area contributed by atoms with Gasteiger partial charge in [0.05, 0.1) is 0 Å². The van der Waals surface area contributed by atoms with E-state index in [4.69, 9.17) is 10.5 Å². The molecule has 94 valence electrons. The molecule has 3 nitrogen and oxygen atoms in total. The third-order valence-corrected chi connectivity index (χ3v) is 3.24. The number of rotatable bonds is 4. The van der Waals surface area contributed by atoms with E-state index in [-0.39, 0.29) is 18.4 Å². The van der Waals surface area contributed by atoms with Crippen LogP contribution in [0.4, 0.5) is 0 Å². The number of nitrogens with two attached hydrogens (primary N) is 1. The lowest BCUT2D eigenvalue weighted by atomic mass is 10.2. The summed E-state index contributed by atoms with van der Waals surface area (Å²) in [6, 6.07) is 9.64. The molecular weight excluding hydrogens is 238 g/mol. The Bertz CT molecular complexity index is 382. The average molecular weight is 256 g/mol. The summed E-state index contributed by atoms with van der Waals surface area (Å²) in [5.74, 6) is 0.0407. The van der Waals surface area contributed by atoms with E-state index >= 15 is 0 Å². The molecule has 0 radical (unpaired) electrons. The van der Waals surface area contributed by atoms with Crippen molar-refractivity contribution in [1.82, 2.24) is 0 Å². The normalized spacial score (nSPS) is 25.9. The van der Waals surface area contributed by atoms with Crippen LogP contribution in [-0.2, 0) is 16.1 Å². The number of hydrogen-bond acceptors (Lipinski definition) is 3. The number of carbonyl (C=O) groups is 1. The van der Waals surface area contributed by atoms with Gasteiger partial charge >= 0.3 is 5.97 Å². The zero-order valence-electron chi connectivity index (χ0n) is 9.89. The van der Waals surface area contributed by atoms with Gasteiger partial charge in [-0.15, -0.1) is 12.4 Å². The minimum Gasteiger partial charge on any atom is -0.459 e. The van der Waals surface area contributed by atoms with Gasteiger partial charge in [0.1, 0.15) is 12.1 Å². The second-order valence-electron chi connectivity index (χ2n) is 4.41. The molecule has 1 aliphatic rings. The maximum atomic E-state index is 11.7. The highest BCUT2D eigenvalue weighted by atomic mass is 35.5. The van der Waals surface area contributed by atoms with Gasteiger partial charge in [-0.1, -0.05) is 43.7 Å². The summed E-state index contributed by atoms with van der Waals surface area (Å²) in [7, 11) is 0. The number of carbonyl (C=O) groups excluding carboxylic acids is 1. The van der Waals surface area contributed by atoms with Crippen molar-refractivity contribution in [3.8, 4) is 0 Å². The van der Waals surface area contributed by atoms with Gasteiger partial charge in [-0.3, -0.25) is 4.79 Å². The molecule has 0 spiro atoms. The molecule has 1 fully saturated rings. The monoisotopic (exact) mass is 255 g/mol. The predicted octanol–water partition coefficient (Wildman–Crippen LogP) is 2.28. The van der Waals surface area contributed by atoms with Crippen LogP contribution in [0.25, 0.3) is 0 Å². The van der Waals surface area contributed by atoms with E-state index in [1.54, 1.807) is 0 Å². The van der Waals surface area contributed by atoms with E-state index in [9.17, 15) is 4.79 Å². The minimum atomic E-state index is -0.705. The first kappa shape index (κ1) is 14.0. The van der Waals surface area contributed by atoms with Gasteiger partial charge in [0.2, 0.25) is 0 Å². The smallest absolute Gasteiger partial charge is 0.326 e. The predicted molar refractivity (Wildman–Crippen MR) is 68.8 cm³/mol. The van der Waals surface area contributed by atoms with Gasteiger partial charge in [-0.2, -0.15) is 0 Å². The van der Waals surface area contributed by atoms with E-state index < -0.39 is 5.54 Å². The minimum absolute atomic E-state index is 0. The number of hydrogen-bond donors (Lipinski definition) is 1. The average Bonchev–Trinajstić information content (AvgIpc) is 3.00. The molecule has 0 saturated heterocycles. The van der Waals surface area contributed by atoms with Gasteiger partial charge in [0, 0.05) is 0 Å². The Morgan fingerprint density at radius 3 is 2.65 bits per heavy atom. The first-order valence-corrected chi connectivity index (χ1v) is 5.67. The fourth-order valence-corrected chi connectivity index (χ4v) is 1.96. The molecule has 2 N–H and O–H groups in total. The summed E-state index contributed by atoms with van der Waals surface area (Å²) in [4.78, 5) is 11.7. The lowest BCUT2D eigenvalue weighted by Crippen LogP contribution is -2.36. The molecule has 2 rings (SSSR count). The summed E-state index contributed by atoms with van der Waals surface area (Å²) in [6.07, 6.45) is 1.70. The van der Waals surface area contributed by atoms with Crippen molar-refractivity contribution in [2.75, 3.05) is 0 Å². The zero-order valence-corrected chi connectivity index (χ0v) is 10.7. The van der Waals surface area contributed by atoms with Gasteiger partial charge in [0.25, 0.3) is 0 Å². The molecule has 1 saturated carbocycles. The van der Waals surface area contributed by atoms with Crippen molar-refractivity contribution in [3.63, 3.8) is 0 Å². The Morgan fingerprint density at radius 1 is 1.47 bits per heavy atom. The molecule has 2 atom stereocenters. The van der Waals surface area contributed by atoms with Gasteiger partial charge in [-0.25, -0.2) is 0 Å². The zero-order chi connectivity index (χ0) is 11.6. The van der Waals surface area contributed by atoms with Crippen LogP contribution in [-0.4, -0.2) is 11.5 Å². The number of halogens is 1. The third-order valence-electron chi connectivity index (χ3n) is 3.24. The van der Waals surface area contributed by atoms with Crippen LogP contribution in [0.1, 0.15) is 25.3 Å². The SMILES string of the molecule is CC[C@@H]1C[C@]1(N)C(=O)OCc1ccccc1.Cl. The van der Waals surface area contributed by atoms with E-state index in [2.05, 4.69) is 0 Å². The second-order valence-corrected chi connectivity index (χ2v) is 4.41. The summed E-state index contributed by atoms with van der Waals surface area (Å²) < 4.78 is 5.22. The topological polar surface area (TPSA) is 52.3 Å². The van der Waals surface area contributed by atoms with Crippen molar-refractivity contribution in [3.05, 3.63) is 35.9 Å². The summed E-state index contributed by atoms with van der Waals surface area (Å²) in [5, 5.41) is 0. The van der Waals surface area contributed by atoms with Gasteiger partial charge < -0.3 is 10.5 Å². The first-order chi connectivity index (χ1) is 7.66. The van der Waals surface area contributed by atoms with Crippen molar-refractivity contribution < 1.29 is 9.53 Å². The fraction of sp³-hybridized carbons (Fsp3) is 0.462. The number of esters is 1. The Hall–Kier alpha value is -1.06. The maximum Gasteiger partial charge on any atom is 0.326 e. The molecule has 0 aromatic heterocycles. The molecule has 0 heterocycles. The number of ether oxygens (including phenoxy) is 1. The van der Waals surface area contributed by atoms with Crippen molar-refractivity contribution in [2.45, 2.75) is 31.9 Å². The van der Waals surface area contributed by atoms with Crippen LogP contribution in [0.15, 0.2) is 30.3 Å². The summed E-state index contributed by atoms with van der Waals surface area (Å²) >= 11 is 0. The highest BCUT2D eigenvalue weighted by Crippen LogP contribution is 2.44. The van der Waals surface area contributed by atoms with E-state index in [0.29, 0.717) is 12.5 Å². The second kappa shape index (κ2) is 5.52. The van der Waals surface area contributed by atoms with E-state index in [1.165, 1.54) is 0 Å². The molecule has 1 aromatic carbocycles. The Balaban J connectivity index is 0.00000144. The highest BCUT2D eigenvalue weighted by molar-refractivity contribution is 5.85. The molecule has 1 aromatic rings. The third kappa shape index (κ3) is 2.99. The van der Waals surface area contributed by atoms with Crippen molar-refractivity contribution >= 4 is 18.4 Å². The highest BCUT2D eigenvalue weighted by Gasteiger charge is 2.57. The summed E-state index contributed by atoms with van der Waals surface area (Å²) in [5.41, 5.74) is 6.22. The summed E-state index contributed by atoms with van der Waals surface area (Å²) in [6.45, 7) is 2.36. The maximum absolute atomic E-state index is 11.7. The van der Waals surface area contributed by atoms with Crippen LogP contribution >= 0.6 is 12.4 Å². The Morgan fingerprint density at radius 2 is 2.12 bits per heavy atom. The molecule has 17 heavy (non-hydrogen) atoms. The van der Waals surface area contributed by atoms with Crippen LogP contribution in [0.3, 0.4) is 0 Å². The molecule has 0 bridgehead atoms. The molecule has 0 aliphatic heterocycles. The molecule has 1 aliphatic carbocycles. The fourth-order valence-electron chi connectivity index (χ4n) is 1.96. The number of benzene rings is 1. The Labute approximate surface area is 108 Å². The quantitative estimate of drug-likeness (QED) is 0.840. The standard InChI is InChI=1S/C13H17NO2.ClH/c1-2-11-8-13(11,14)12(15)16-9-10-6-4-3-5-7-10;/h3-7,11H,2,8-9,14H2,1H3;1H/t11-,13-;/m1./s1. The van der Waals surface area contributed by atoms with Gasteiger partial charge in [0.15, 0.2) is 0 Å². The van der Waals surface area contributed by atoms with Crippen molar-refractivity contribution in [2.24, 2.45) is 11.7 Å². The first-order valence-electron chi connectivity index (χ1n) is 5.67. The van der Waals surface area contributed by atoms with Crippen LogP contribution < -0.4 is 5.73 Å². The van der Waals surface area contributed by atoms with Gasteiger partial charge in [-0.05, 0) is 17.9 Å². The largest absolute Gasteiger partial charge is 0.459 e. The lowest BCUT2D eigenvalue weighted by Gasteiger charge is -2.10.